The Balaban J connectivity index is 2.35. The molecule has 1 N–H and O–H groups in total. The second-order valence-electron chi connectivity index (χ2n) is 6.67. The summed E-state index contributed by atoms with van der Waals surface area (Å²) in [5.41, 5.74) is 1.43. The Labute approximate surface area is 124 Å². The molecule has 0 bridgehead atoms. The molecule has 3 heteroatoms. The first-order valence-electron chi connectivity index (χ1n) is 7.45. The summed E-state index contributed by atoms with van der Waals surface area (Å²) in [6.45, 7) is 13.5. The van der Waals surface area contributed by atoms with Crippen LogP contribution in [0.4, 0.5) is 0 Å². The highest BCUT2D eigenvalue weighted by Crippen LogP contribution is 2.13. The molecule has 0 heterocycles. The van der Waals surface area contributed by atoms with Crippen LogP contribution < -0.4 is 10.1 Å². The average Bonchev–Trinajstić information content (AvgIpc) is 2.36. The maximum absolute atomic E-state index is 5.77. The van der Waals surface area contributed by atoms with E-state index in [0.717, 1.165) is 25.4 Å². The Hall–Kier alpha value is -1.06. The molecule has 0 amide bonds. The van der Waals surface area contributed by atoms with E-state index in [2.05, 4.69) is 76.1 Å². The summed E-state index contributed by atoms with van der Waals surface area (Å²) in [6.07, 6.45) is 0. The third-order valence-electron chi connectivity index (χ3n) is 3.34. The lowest BCUT2D eigenvalue weighted by molar-refractivity contribution is 0.208. The molecule has 0 aliphatic carbocycles. The highest BCUT2D eigenvalue weighted by molar-refractivity contribution is 5.27. The van der Waals surface area contributed by atoms with Gasteiger partial charge in [0, 0.05) is 24.7 Å². The minimum Gasteiger partial charge on any atom is -0.492 e. The zero-order chi connectivity index (χ0) is 15.2. The van der Waals surface area contributed by atoms with Crippen molar-refractivity contribution in [2.45, 2.75) is 52.7 Å². The molecule has 0 saturated carbocycles. The summed E-state index contributed by atoms with van der Waals surface area (Å²) in [4.78, 5) is 2.28. The molecule has 1 aromatic carbocycles. The van der Waals surface area contributed by atoms with E-state index in [9.17, 15) is 0 Å². The normalized spacial score (nSPS) is 12.2. The smallest absolute Gasteiger partial charge is 0.119 e. The van der Waals surface area contributed by atoms with Crippen LogP contribution in [0, 0.1) is 0 Å². The molecule has 0 spiro atoms. The van der Waals surface area contributed by atoms with Crippen LogP contribution in [0.5, 0.6) is 5.75 Å². The first-order valence-corrected chi connectivity index (χ1v) is 7.45. The van der Waals surface area contributed by atoms with Crippen molar-refractivity contribution in [3.05, 3.63) is 29.8 Å². The van der Waals surface area contributed by atoms with Crippen LogP contribution in [0.2, 0.25) is 0 Å². The van der Waals surface area contributed by atoms with Gasteiger partial charge in [-0.2, -0.15) is 0 Å². The van der Waals surface area contributed by atoms with E-state index in [-0.39, 0.29) is 5.54 Å². The van der Waals surface area contributed by atoms with Gasteiger partial charge in [-0.3, -0.25) is 0 Å². The molecule has 0 saturated heterocycles. The number of ether oxygens (including phenoxy) is 1. The third kappa shape index (κ3) is 6.92. The SMILES string of the molecule is CC(C)N(C)CCOc1ccc(CNC(C)(C)C)cc1. The molecular formula is C17H30N2O. The van der Waals surface area contributed by atoms with Crippen molar-refractivity contribution in [1.82, 2.24) is 10.2 Å². The maximum Gasteiger partial charge on any atom is 0.119 e. The molecule has 20 heavy (non-hydrogen) atoms. The second kappa shape index (κ2) is 7.65. The first kappa shape index (κ1) is 17.0. The molecule has 0 unspecified atom stereocenters. The molecule has 1 aromatic rings. The highest BCUT2D eigenvalue weighted by Gasteiger charge is 2.08. The standard InChI is InChI=1S/C17H30N2O/c1-14(2)19(6)11-12-20-16-9-7-15(8-10-16)13-18-17(3,4)5/h7-10,14,18H,11-13H2,1-6H3. The van der Waals surface area contributed by atoms with E-state index in [1.807, 2.05) is 0 Å². The molecule has 0 fully saturated rings. The van der Waals surface area contributed by atoms with Crippen molar-refractivity contribution in [1.29, 1.82) is 0 Å². The van der Waals surface area contributed by atoms with Crippen molar-refractivity contribution in [3.63, 3.8) is 0 Å². The van der Waals surface area contributed by atoms with Gasteiger partial charge in [-0.15, -0.1) is 0 Å². The molecule has 3 nitrogen and oxygen atoms in total. The summed E-state index contributed by atoms with van der Waals surface area (Å²) in [5.74, 6) is 0.946. The fourth-order valence-electron chi connectivity index (χ4n) is 1.64. The van der Waals surface area contributed by atoms with Gasteiger partial charge in [0.25, 0.3) is 0 Å². The number of likely N-dealkylation sites (N-methyl/N-ethyl adjacent to an activating group) is 1. The number of hydrogen-bond donors (Lipinski definition) is 1. The van der Waals surface area contributed by atoms with Gasteiger partial charge in [0.2, 0.25) is 0 Å². The number of rotatable bonds is 7. The van der Waals surface area contributed by atoms with Gasteiger partial charge in [-0.05, 0) is 59.4 Å². The lowest BCUT2D eigenvalue weighted by Crippen LogP contribution is -2.35. The molecule has 0 atom stereocenters. The summed E-state index contributed by atoms with van der Waals surface area (Å²) in [5, 5.41) is 3.48. The van der Waals surface area contributed by atoms with E-state index in [1.165, 1.54) is 5.56 Å². The quantitative estimate of drug-likeness (QED) is 0.828. The van der Waals surface area contributed by atoms with Crippen molar-refractivity contribution >= 4 is 0 Å². The first-order chi connectivity index (χ1) is 9.28. The number of benzene rings is 1. The zero-order valence-electron chi connectivity index (χ0n) is 13.9. The molecule has 0 radical (unpaired) electrons. The van der Waals surface area contributed by atoms with Crippen LogP contribution in [0.3, 0.4) is 0 Å². The van der Waals surface area contributed by atoms with Gasteiger partial charge in [-0.25, -0.2) is 0 Å². The minimum absolute atomic E-state index is 0.149. The lowest BCUT2D eigenvalue weighted by atomic mass is 10.1. The minimum atomic E-state index is 0.149. The van der Waals surface area contributed by atoms with E-state index in [1.54, 1.807) is 0 Å². The van der Waals surface area contributed by atoms with Gasteiger partial charge in [-0.1, -0.05) is 12.1 Å². The van der Waals surface area contributed by atoms with Gasteiger partial charge in [0.15, 0.2) is 0 Å². The van der Waals surface area contributed by atoms with Crippen molar-refractivity contribution in [3.8, 4) is 5.75 Å². The molecular weight excluding hydrogens is 248 g/mol. The number of hydrogen-bond acceptors (Lipinski definition) is 3. The van der Waals surface area contributed by atoms with Crippen LogP contribution >= 0.6 is 0 Å². The van der Waals surface area contributed by atoms with Gasteiger partial charge >= 0.3 is 0 Å². The van der Waals surface area contributed by atoms with Crippen molar-refractivity contribution in [2.75, 3.05) is 20.2 Å². The van der Waals surface area contributed by atoms with Gasteiger partial charge in [0.05, 0.1) is 0 Å². The fourth-order valence-corrected chi connectivity index (χ4v) is 1.64. The summed E-state index contributed by atoms with van der Waals surface area (Å²) in [7, 11) is 2.12. The van der Waals surface area contributed by atoms with Crippen LogP contribution in [0.25, 0.3) is 0 Å². The molecule has 0 aromatic heterocycles. The fraction of sp³-hybridized carbons (Fsp3) is 0.647. The van der Waals surface area contributed by atoms with Crippen LogP contribution in [0.15, 0.2) is 24.3 Å². The summed E-state index contributed by atoms with van der Waals surface area (Å²) < 4.78 is 5.77. The van der Waals surface area contributed by atoms with E-state index in [4.69, 9.17) is 4.74 Å². The Morgan fingerprint density at radius 1 is 1.15 bits per heavy atom. The summed E-state index contributed by atoms with van der Waals surface area (Å²) >= 11 is 0. The Morgan fingerprint density at radius 2 is 1.75 bits per heavy atom. The highest BCUT2D eigenvalue weighted by atomic mass is 16.5. The average molecular weight is 278 g/mol. The lowest BCUT2D eigenvalue weighted by Gasteiger charge is -2.21. The topological polar surface area (TPSA) is 24.5 Å². The van der Waals surface area contributed by atoms with Crippen LogP contribution in [-0.2, 0) is 6.54 Å². The molecule has 0 aliphatic rings. The molecule has 0 aliphatic heterocycles. The van der Waals surface area contributed by atoms with Crippen molar-refractivity contribution in [2.24, 2.45) is 0 Å². The van der Waals surface area contributed by atoms with E-state index in [0.29, 0.717) is 6.04 Å². The van der Waals surface area contributed by atoms with Crippen LogP contribution in [-0.4, -0.2) is 36.7 Å². The molecule has 114 valence electrons. The Morgan fingerprint density at radius 3 is 2.25 bits per heavy atom. The predicted molar refractivity (Wildman–Crippen MR) is 86.3 cm³/mol. The van der Waals surface area contributed by atoms with Gasteiger partial charge < -0.3 is 15.0 Å². The monoisotopic (exact) mass is 278 g/mol. The largest absolute Gasteiger partial charge is 0.492 e. The van der Waals surface area contributed by atoms with E-state index >= 15 is 0 Å². The summed E-state index contributed by atoms with van der Waals surface area (Å²) in [6, 6.07) is 8.91. The molecule has 1 rings (SSSR count). The number of nitrogens with zero attached hydrogens (tertiary/aromatic N) is 1. The predicted octanol–water partition coefficient (Wildman–Crippen LogP) is 3.29. The van der Waals surface area contributed by atoms with Crippen molar-refractivity contribution < 1.29 is 4.74 Å². The van der Waals surface area contributed by atoms with E-state index < -0.39 is 0 Å². The maximum atomic E-state index is 5.77. The zero-order valence-corrected chi connectivity index (χ0v) is 13.9. The Kier molecular flexibility index (Phi) is 6.50. The third-order valence-corrected chi connectivity index (χ3v) is 3.34. The Bertz CT molecular complexity index is 379. The van der Waals surface area contributed by atoms with Gasteiger partial charge in [0.1, 0.15) is 12.4 Å². The van der Waals surface area contributed by atoms with Crippen LogP contribution in [0.1, 0.15) is 40.2 Å². The second-order valence-corrected chi connectivity index (χ2v) is 6.67. The number of nitrogens with one attached hydrogen (secondary N) is 1.